The van der Waals surface area contributed by atoms with Crippen LogP contribution in [0.15, 0.2) is 48.8 Å². The van der Waals surface area contributed by atoms with Gasteiger partial charge < -0.3 is 10.4 Å². The van der Waals surface area contributed by atoms with Crippen LogP contribution in [0.4, 0.5) is 5.69 Å². The number of rotatable bonds is 4. The standard InChI is InChI=1S/C16H14N2O3/c1-11-9-13(5-6-14(11)16(20)21)18-15(19)7-4-12-3-2-8-17-10-12/h2-10H,1H3,(H,18,19)(H,20,21). The third-order valence-corrected chi connectivity index (χ3v) is 2.84. The third kappa shape index (κ3) is 4.01. The Hall–Kier alpha value is -2.95. The lowest BCUT2D eigenvalue weighted by Gasteiger charge is -2.05. The van der Waals surface area contributed by atoms with E-state index in [0.29, 0.717) is 11.3 Å². The minimum absolute atomic E-state index is 0.221. The van der Waals surface area contributed by atoms with Crippen LogP contribution in [-0.4, -0.2) is 22.0 Å². The van der Waals surface area contributed by atoms with Crippen LogP contribution >= 0.6 is 0 Å². The van der Waals surface area contributed by atoms with E-state index in [0.717, 1.165) is 5.56 Å². The van der Waals surface area contributed by atoms with Gasteiger partial charge in [-0.2, -0.15) is 0 Å². The van der Waals surface area contributed by atoms with Crippen molar-refractivity contribution in [2.45, 2.75) is 6.92 Å². The first kappa shape index (κ1) is 14.5. The highest BCUT2D eigenvalue weighted by molar-refractivity contribution is 6.02. The summed E-state index contributed by atoms with van der Waals surface area (Å²) < 4.78 is 0. The summed E-state index contributed by atoms with van der Waals surface area (Å²) in [5, 5.41) is 11.6. The smallest absolute Gasteiger partial charge is 0.335 e. The Balaban J connectivity index is 2.05. The first-order valence-corrected chi connectivity index (χ1v) is 6.29. The van der Waals surface area contributed by atoms with E-state index < -0.39 is 5.97 Å². The van der Waals surface area contributed by atoms with Gasteiger partial charge in [0.05, 0.1) is 5.56 Å². The van der Waals surface area contributed by atoms with Crippen LogP contribution < -0.4 is 5.32 Å². The molecule has 0 fully saturated rings. The Morgan fingerprint density at radius 1 is 1.29 bits per heavy atom. The molecule has 1 aromatic heterocycles. The lowest BCUT2D eigenvalue weighted by Crippen LogP contribution is -2.09. The zero-order valence-electron chi connectivity index (χ0n) is 11.4. The zero-order valence-corrected chi connectivity index (χ0v) is 11.4. The summed E-state index contributed by atoms with van der Waals surface area (Å²) in [4.78, 5) is 26.6. The summed E-state index contributed by atoms with van der Waals surface area (Å²) in [7, 11) is 0. The average molecular weight is 282 g/mol. The number of aryl methyl sites for hydroxylation is 1. The molecule has 0 atom stereocenters. The number of hydrogen-bond donors (Lipinski definition) is 2. The monoisotopic (exact) mass is 282 g/mol. The second-order valence-electron chi connectivity index (χ2n) is 4.44. The second kappa shape index (κ2) is 6.47. The number of pyridine rings is 1. The zero-order chi connectivity index (χ0) is 15.2. The summed E-state index contributed by atoms with van der Waals surface area (Å²) >= 11 is 0. The molecule has 0 aliphatic rings. The molecule has 2 aromatic rings. The highest BCUT2D eigenvalue weighted by Crippen LogP contribution is 2.15. The minimum Gasteiger partial charge on any atom is -0.478 e. The van der Waals surface area contributed by atoms with Crippen LogP contribution in [0, 0.1) is 6.92 Å². The first-order chi connectivity index (χ1) is 10.1. The molecule has 0 unspecified atom stereocenters. The Kier molecular flexibility index (Phi) is 4.46. The van der Waals surface area contributed by atoms with Crippen LogP contribution in [-0.2, 0) is 4.79 Å². The van der Waals surface area contributed by atoms with Gasteiger partial charge in [-0.05, 0) is 48.4 Å². The van der Waals surface area contributed by atoms with Crippen molar-refractivity contribution in [3.8, 4) is 0 Å². The van der Waals surface area contributed by atoms with Gasteiger partial charge in [-0.1, -0.05) is 6.07 Å². The summed E-state index contributed by atoms with van der Waals surface area (Å²) in [6, 6.07) is 8.28. The Labute approximate surface area is 122 Å². The molecule has 1 aromatic carbocycles. The van der Waals surface area contributed by atoms with Crippen molar-refractivity contribution in [3.05, 3.63) is 65.5 Å². The lowest BCUT2D eigenvalue weighted by molar-refractivity contribution is -0.111. The number of aromatic nitrogens is 1. The molecule has 0 saturated carbocycles. The normalized spacial score (nSPS) is 10.5. The van der Waals surface area contributed by atoms with Crippen LogP contribution in [0.25, 0.3) is 6.08 Å². The van der Waals surface area contributed by atoms with Gasteiger partial charge in [0.25, 0.3) is 0 Å². The molecule has 2 rings (SSSR count). The van der Waals surface area contributed by atoms with Gasteiger partial charge in [-0.25, -0.2) is 4.79 Å². The molecule has 5 heteroatoms. The summed E-state index contributed by atoms with van der Waals surface area (Å²) in [6.45, 7) is 1.69. The molecular formula is C16H14N2O3. The topological polar surface area (TPSA) is 79.3 Å². The van der Waals surface area contributed by atoms with E-state index in [1.807, 2.05) is 6.07 Å². The van der Waals surface area contributed by atoms with Gasteiger partial charge in [0, 0.05) is 24.2 Å². The van der Waals surface area contributed by atoms with Crippen LogP contribution in [0.3, 0.4) is 0 Å². The van der Waals surface area contributed by atoms with E-state index in [1.54, 1.807) is 43.6 Å². The second-order valence-corrected chi connectivity index (χ2v) is 4.44. The van der Waals surface area contributed by atoms with Crippen molar-refractivity contribution in [2.75, 3.05) is 5.32 Å². The van der Waals surface area contributed by atoms with Gasteiger partial charge in [0.15, 0.2) is 0 Å². The summed E-state index contributed by atoms with van der Waals surface area (Å²) in [5.74, 6) is -1.27. The van der Waals surface area contributed by atoms with Crippen molar-refractivity contribution < 1.29 is 14.7 Å². The maximum Gasteiger partial charge on any atom is 0.335 e. The molecule has 1 heterocycles. The molecule has 0 saturated heterocycles. The SMILES string of the molecule is Cc1cc(NC(=O)C=Cc2cccnc2)ccc1C(=O)O. The van der Waals surface area contributed by atoms with E-state index in [-0.39, 0.29) is 11.5 Å². The number of anilines is 1. The molecule has 2 N–H and O–H groups in total. The highest BCUT2D eigenvalue weighted by atomic mass is 16.4. The molecule has 0 bridgehead atoms. The predicted molar refractivity (Wildman–Crippen MR) is 80.0 cm³/mol. The molecule has 0 spiro atoms. The number of carbonyl (C=O) groups excluding carboxylic acids is 1. The van der Waals surface area contributed by atoms with E-state index >= 15 is 0 Å². The van der Waals surface area contributed by atoms with Gasteiger partial charge in [-0.15, -0.1) is 0 Å². The lowest BCUT2D eigenvalue weighted by atomic mass is 10.1. The Bertz CT molecular complexity index is 694. The molecule has 21 heavy (non-hydrogen) atoms. The molecule has 1 amide bonds. The number of hydrogen-bond acceptors (Lipinski definition) is 3. The highest BCUT2D eigenvalue weighted by Gasteiger charge is 2.07. The molecule has 0 aliphatic heterocycles. The predicted octanol–water partition coefficient (Wildman–Crippen LogP) is 2.74. The van der Waals surface area contributed by atoms with E-state index in [9.17, 15) is 9.59 Å². The number of nitrogens with one attached hydrogen (secondary N) is 1. The van der Waals surface area contributed by atoms with Crippen LogP contribution in [0.1, 0.15) is 21.5 Å². The van der Waals surface area contributed by atoms with Crippen molar-refractivity contribution in [2.24, 2.45) is 0 Å². The van der Waals surface area contributed by atoms with E-state index in [4.69, 9.17) is 5.11 Å². The minimum atomic E-state index is -0.984. The molecule has 0 radical (unpaired) electrons. The van der Waals surface area contributed by atoms with Gasteiger partial charge in [0.1, 0.15) is 0 Å². The number of carboxylic acids is 1. The van der Waals surface area contributed by atoms with Gasteiger partial charge in [0.2, 0.25) is 5.91 Å². The maximum atomic E-state index is 11.8. The number of aromatic carboxylic acids is 1. The van der Waals surface area contributed by atoms with Crippen LogP contribution in [0.5, 0.6) is 0 Å². The fraction of sp³-hybridized carbons (Fsp3) is 0.0625. The number of nitrogens with zero attached hydrogens (tertiary/aromatic N) is 1. The molecule has 0 aliphatic carbocycles. The summed E-state index contributed by atoms with van der Waals surface area (Å²) in [6.07, 6.45) is 6.36. The van der Waals surface area contributed by atoms with Crippen molar-refractivity contribution in [3.63, 3.8) is 0 Å². The number of carboxylic acid groups (broad SMARTS) is 1. The van der Waals surface area contributed by atoms with Crippen molar-refractivity contribution >= 4 is 23.6 Å². The Morgan fingerprint density at radius 3 is 2.71 bits per heavy atom. The van der Waals surface area contributed by atoms with E-state index in [2.05, 4.69) is 10.3 Å². The number of amides is 1. The molecular weight excluding hydrogens is 268 g/mol. The Morgan fingerprint density at radius 2 is 2.10 bits per heavy atom. The maximum absolute atomic E-state index is 11.8. The van der Waals surface area contributed by atoms with Crippen molar-refractivity contribution in [1.82, 2.24) is 4.98 Å². The number of carbonyl (C=O) groups is 2. The average Bonchev–Trinajstić information content (AvgIpc) is 2.46. The third-order valence-electron chi connectivity index (χ3n) is 2.84. The molecule has 5 nitrogen and oxygen atoms in total. The van der Waals surface area contributed by atoms with Gasteiger partial charge >= 0.3 is 5.97 Å². The van der Waals surface area contributed by atoms with Crippen molar-refractivity contribution in [1.29, 1.82) is 0 Å². The number of benzene rings is 1. The summed E-state index contributed by atoms with van der Waals surface area (Å²) in [5.41, 5.74) is 2.19. The largest absolute Gasteiger partial charge is 0.478 e. The van der Waals surface area contributed by atoms with E-state index in [1.165, 1.54) is 12.1 Å². The van der Waals surface area contributed by atoms with Crippen LogP contribution in [0.2, 0.25) is 0 Å². The quantitative estimate of drug-likeness (QED) is 0.845. The fourth-order valence-electron chi connectivity index (χ4n) is 1.81. The van der Waals surface area contributed by atoms with Gasteiger partial charge in [-0.3, -0.25) is 9.78 Å². The first-order valence-electron chi connectivity index (χ1n) is 6.29. The fourth-order valence-corrected chi connectivity index (χ4v) is 1.81. The molecule has 106 valence electrons.